The molecule has 0 saturated carbocycles. The highest BCUT2D eigenvalue weighted by Gasteiger charge is 2.13. The molecule has 0 fully saturated rings. The van der Waals surface area contributed by atoms with E-state index < -0.39 is 18.1 Å². The minimum Gasteiger partial charge on any atom is -0.480 e. The molecule has 25 heavy (non-hydrogen) atoms. The molecule has 2 aromatic rings. The number of carbonyl (C=O) groups excluding carboxylic acids is 1. The predicted octanol–water partition coefficient (Wildman–Crippen LogP) is 2.20. The Morgan fingerprint density at radius 3 is 2.84 bits per heavy atom. The summed E-state index contributed by atoms with van der Waals surface area (Å²) in [5.74, 6) is 4.81. The van der Waals surface area contributed by atoms with Crippen molar-refractivity contribution in [3.05, 3.63) is 53.9 Å². The lowest BCUT2D eigenvalue weighted by Gasteiger charge is -2.05. The smallest absolute Gasteiger partial charge is 0.407 e. The van der Waals surface area contributed by atoms with E-state index in [-0.39, 0.29) is 6.61 Å². The lowest BCUT2D eigenvalue weighted by molar-refractivity contribution is -0.140. The number of hydrogen-bond acceptors (Lipinski definition) is 4. The van der Waals surface area contributed by atoms with Crippen molar-refractivity contribution in [2.75, 3.05) is 6.54 Å². The number of carbonyl (C=O) groups is 2. The topological polar surface area (TPSA) is 93.5 Å². The Kier molecular flexibility index (Phi) is 6.60. The summed E-state index contributed by atoms with van der Waals surface area (Å²) in [7, 11) is 0. The zero-order valence-electron chi connectivity index (χ0n) is 13.8. The van der Waals surface area contributed by atoms with Crippen molar-refractivity contribution in [3.63, 3.8) is 0 Å². The van der Waals surface area contributed by atoms with Crippen molar-refractivity contribution in [1.82, 2.24) is 15.1 Å². The molecule has 7 nitrogen and oxygen atoms in total. The summed E-state index contributed by atoms with van der Waals surface area (Å²) >= 11 is 0. The predicted molar refractivity (Wildman–Crippen MR) is 90.7 cm³/mol. The van der Waals surface area contributed by atoms with Gasteiger partial charge in [0.2, 0.25) is 0 Å². The van der Waals surface area contributed by atoms with Crippen molar-refractivity contribution in [1.29, 1.82) is 0 Å². The third kappa shape index (κ3) is 6.03. The number of aromatic nitrogens is 2. The number of ether oxygens (including phenoxy) is 1. The van der Waals surface area contributed by atoms with Gasteiger partial charge in [-0.25, -0.2) is 9.59 Å². The highest BCUT2D eigenvalue weighted by atomic mass is 16.5. The Balaban J connectivity index is 1.68. The monoisotopic (exact) mass is 341 g/mol. The summed E-state index contributed by atoms with van der Waals surface area (Å²) in [5.41, 5.74) is 1.55. The molecule has 0 spiro atoms. The largest absolute Gasteiger partial charge is 0.480 e. The fourth-order valence-electron chi connectivity index (χ4n) is 1.89. The number of alkyl carbamates (subject to hydrolysis) is 1. The van der Waals surface area contributed by atoms with Gasteiger partial charge in [0.25, 0.3) is 0 Å². The van der Waals surface area contributed by atoms with Crippen LogP contribution < -0.4 is 5.32 Å². The second-order valence-electron chi connectivity index (χ2n) is 5.26. The Morgan fingerprint density at radius 1 is 1.36 bits per heavy atom. The van der Waals surface area contributed by atoms with Crippen LogP contribution >= 0.6 is 0 Å². The van der Waals surface area contributed by atoms with Crippen LogP contribution in [-0.4, -0.2) is 33.5 Å². The molecule has 7 heteroatoms. The first-order valence-electron chi connectivity index (χ1n) is 7.76. The minimum absolute atomic E-state index is 0.222. The zero-order chi connectivity index (χ0) is 18.1. The van der Waals surface area contributed by atoms with Crippen LogP contribution in [0.25, 0.3) is 0 Å². The first-order chi connectivity index (χ1) is 12.1. The van der Waals surface area contributed by atoms with Crippen molar-refractivity contribution in [3.8, 4) is 11.8 Å². The molecule has 130 valence electrons. The van der Waals surface area contributed by atoms with Gasteiger partial charge in [0.05, 0.1) is 11.8 Å². The number of hydrogen-bond donors (Lipinski definition) is 2. The molecule has 2 rings (SSSR count). The molecule has 1 aromatic heterocycles. The molecular formula is C18H19N3O4. The third-order valence-corrected chi connectivity index (χ3v) is 3.32. The number of nitrogens with zero attached hydrogens (tertiary/aromatic N) is 2. The molecule has 1 heterocycles. The number of carboxylic acid groups (broad SMARTS) is 1. The van der Waals surface area contributed by atoms with Gasteiger partial charge in [-0.2, -0.15) is 5.10 Å². The van der Waals surface area contributed by atoms with Crippen LogP contribution in [0.15, 0.2) is 42.7 Å². The number of rotatable bonds is 6. The average Bonchev–Trinajstić information content (AvgIpc) is 3.08. The van der Waals surface area contributed by atoms with E-state index in [1.165, 1.54) is 17.8 Å². The van der Waals surface area contributed by atoms with E-state index in [4.69, 9.17) is 9.84 Å². The standard InChI is InChI=1S/C18H19N3O4/c1-14(17(22)23)21-12-16(11-20-21)9-5-6-10-19-18(24)25-13-15-7-3-2-4-8-15/h2-4,7-8,11-12,14H,6,10,13H2,1H3,(H,19,24)(H,22,23)/t14-/m0/s1. The molecule has 0 bridgehead atoms. The molecule has 0 aliphatic rings. The molecule has 0 aliphatic heterocycles. The molecular weight excluding hydrogens is 322 g/mol. The first-order valence-corrected chi connectivity index (χ1v) is 7.76. The van der Waals surface area contributed by atoms with Crippen molar-refractivity contribution in [2.24, 2.45) is 0 Å². The van der Waals surface area contributed by atoms with Gasteiger partial charge < -0.3 is 15.2 Å². The molecule has 1 amide bonds. The molecule has 0 unspecified atom stereocenters. The molecule has 0 radical (unpaired) electrons. The highest BCUT2D eigenvalue weighted by Crippen LogP contribution is 2.05. The summed E-state index contributed by atoms with van der Waals surface area (Å²) in [6, 6.07) is 8.68. The third-order valence-electron chi connectivity index (χ3n) is 3.32. The minimum atomic E-state index is -0.958. The van der Waals surface area contributed by atoms with Gasteiger partial charge in [0.1, 0.15) is 12.6 Å². The second-order valence-corrected chi connectivity index (χ2v) is 5.26. The van der Waals surface area contributed by atoms with E-state index in [0.717, 1.165) is 5.56 Å². The van der Waals surface area contributed by atoms with Crippen LogP contribution in [0, 0.1) is 11.8 Å². The van der Waals surface area contributed by atoms with Gasteiger partial charge in [0, 0.05) is 19.2 Å². The highest BCUT2D eigenvalue weighted by molar-refractivity contribution is 5.71. The summed E-state index contributed by atoms with van der Waals surface area (Å²) in [6.45, 7) is 2.12. The quantitative estimate of drug-likeness (QED) is 0.620. The SMILES string of the molecule is C[C@@H](C(=O)O)n1cc(C#CCCNC(=O)OCc2ccccc2)cn1. The van der Waals surface area contributed by atoms with Crippen LogP contribution in [0.5, 0.6) is 0 Å². The van der Waals surface area contributed by atoms with Gasteiger partial charge >= 0.3 is 12.1 Å². The van der Waals surface area contributed by atoms with Gasteiger partial charge in [-0.3, -0.25) is 4.68 Å². The number of nitrogens with one attached hydrogen (secondary N) is 1. The van der Waals surface area contributed by atoms with Crippen LogP contribution in [-0.2, 0) is 16.1 Å². The van der Waals surface area contributed by atoms with E-state index >= 15 is 0 Å². The lowest BCUT2D eigenvalue weighted by Crippen LogP contribution is -2.24. The summed E-state index contributed by atoms with van der Waals surface area (Å²) in [4.78, 5) is 22.4. The van der Waals surface area contributed by atoms with Crippen LogP contribution in [0.1, 0.15) is 30.5 Å². The van der Waals surface area contributed by atoms with E-state index in [1.54, 1.807) is 6.20 Å². The molecule has 1 aromatic carbocycles. The first kappa shape index (κ1) is 18.1. The van der Waals surface area contributed by atoms with E-state index in [1.807, 2.05) is 30.3 Å². The number of aliphatic carboxylic acids is 1. The lowest BCUT2D eigenvalue weighted by atomic mass is 10.2. The number of amides is 1. The Labute approximate surface area is 145 Å². The van der Waals surface area contributed by atoms with Crippen molar-refractivity contribution >= 4 is 12.1 Å². The van der Waals surface area contributed by atoms with Crippen molar-refractivity contribution < 1.29 is 19.4 Å². The maximum absolute atomic E-state index is 11.5. The molecule has 2 N–H and O–H groups in total. The van der Waals surface area contributed by atoms with Gasteiger partial charge in [-0.05, 0) is 12.5 Å². The van der Waals surface area contributed by atoms with Gasteiger partial charge in [-0.1, -0.05) is 42.2 Å². The van der Waals surface area contributed by atoms with Gasteiger partial charge in [0.15, 0.2) is 0 Å². The maximum atomic E-state index is 11.5. The van der Waals surface area contributed by atoms with Crippen LogP contribution in [0.3, 0.4) is 0 Å². The van der Waals surface area contributed by atoms with Crippen molar-refractivity contribution in [2.45, 2.75) is 26.0 Å². The van der Waals surface area contributed by atoms with E-state index in [9.17, 15) is 9.59 Å². The van der Waals surface area contributed by atoms with Crippen LogP contribution in [0.2, 0.25) is 0 Å². The van der Waals surface area contributed by atoms with E-state index in [2.05, 4.69) is 22.3 Å². The summed E-state index contributed by atoms with van der Waals surface area (Å²) in [6.07, 6.45) is 3.04. The Bertz CT molecular complexity index is 774. The summed E-state index contributed by atoms with van der Waals surface area (Å²) < 4.78 is 6.42. The maximum Gasteiger partial charge on any atom is 0.407 e. The Hall–Kier alpha value is -3.27. The fourth-order valence-corrected chi connectivity index (χ4v) is 1.89. The van der Waals surface area contributed by atoms with Gasteiger partial charge in [-0.15, -0.1) is 0 Å². The Morgan fingerprint density at radius 2 is 2.12 bits per heavy atom. The average molecular weight is 341 g/mol. The zero-order valence-corrected chi connectivity index (χ0v) is 13.8. The normalized spacial score (nSPS) is 11.1. The van der Waals surface area contributed by atoms with E-state index in [0.29, 0.717) is 18.5 Å². The molecule has 0 aliphatic carbocycles. The number of benzene rings is 1. The molecule has 1 atom stereocenters. The number of carboxylic acids is 1. The molecule has 0 saturated heterocycles. The second kappa shape index (κ2) is 9.13. The van der Waals surface area contributed by atoms with Crippen LogP contribution in [0.4, 0.5) is 4.79 Å². The summed E-state index contributed by atoms with van der Waals surface area (Å²) in [5, 5.41) is 15.5. The fraction of sp³-hybridized carbons (Fsp3) is 0.278.